The molecule has 0 aliphatic carbocycles. The Bertz CT molecular complexity index is 471. The van der Waals surface area contributed by atoms with Crippen molar-refractivity contribution in [2.24, 2.45) is 0 Å². The predicted molar refractivity (Wildman–Crippen MR) is 79.3 cm³/mol. The minimum Gasteiger partial charge on any atom is -0.395 e. The summed E-state index contributed by atoms with van der Waals surface area (Å²) >= 11 is 0. The van der Waals surface area contributed by atoms with Crippen LogP contribution in [0.2, 0.25) is 0 Å². The van der Waals surface area contributed by atoms with Gasteiger partial charge in [-0.3, -0.25) is 4.79 Å². The molecule has 20 heavy (non-hydrogen) atoms. The Morgan fingerprint density at radius 2 is 2.30 bits per heavy atom. The number of rotatable bonds is 6. The molecule has 0 saturated heterocycles. The Hall–Kier alpha value is -1.86. The molecule has 0 aliphatic rings. The van der Waals surface area contributed by atoms with Gasteiger partial charge in [-0.2, -0.15) is 0 Å². The number of aromatic nitrogens is 1. The van der Waals surface area contributed by atoms with Crippen molar-refractivity contribution in [2.75, 3.05) is 6.61 Å². The third-order valence-corrected chi connectivity index (χ3v) is 2.83. The van der Waals surface area contributed by atoms with Crippen molar-refractivity contribution in [3.63, 3.8) is 0 Å². The van der Waals surface area contributed by atoms with E-state index in [1.165, 1.54) is 0 Å². The van der Waals surface area contributed by atoms with E-state index in [4.69, 9.17) is 5.11 Å². The van der Waals surface area contributed by atoms with E-state index >= 15 is 0 Å². The summed E-state index contributed by atoms with van der Waals surface area (Å²) in [6.45, 7) is 4.19. The number of aliphatic hydroxyl groups excluding tert-OH is 1. The molecule has 1 rings (SSSR count). The molecule has 0 spiro atoms. The molecule has 1 amide bonds. The van der Waals surface area contributed by atoms with Gasteiger partial charge in [-0.25, -0.2) is 4.98 Å². The lowest BCUT2D eigenvalue weighted by molar-refractivity contribution is 0.0933. The monoisotopic (exact) mass is 274 g/mol. The molecule has 0 aromatic carbocycles. The zero-order valence-corrected chi connectivity index (χ0v) is 12.1. The zero-order valence-electron chi connectivity index (χ0n) is 12.1. The van der Waals surface area contributed by atoms with E-state index in [0.717, 1.165) is 24.8 Å². The van der Waals surface area contributed by atoms with Crippen LogP contribution in [0.4, 0.5) is 0 Å². The fourth-order valence-corrected chi connectivity index (χ4v) is 1.70. The summed E-state index contributed by atoms with van der Waals surface area (Å²) in [5, 5.41) is 11.6. The molecule has 108 valence electrons. The number of carbonyl (C=O) groups is 1. The van der Waals surface area contributed by atoms with Crippen LogP contribution in [0.5, 0.6) is 0 Å². The smallest absolute Gasteiger partial charge is 0.270 e. The SMILES string of the molecule is CCCCC(C)NC(=O)c1ccc(C#CCCO)cn1. The molecule has 1 atom stereocenters. The fourth-order valence-electron chi connectivity index (χ4n) is 1.70. The van der Waals surface area contributed by atoms with Crippen LogP contribution in [0.1, 0.15) is 55.6 Å². The Morgan fingerprint density at radius 1 is 1.50 bits per heavy atom. The predicted octanol–water partition coefficient (Wildman–Crippen LogP) is 2.12. The van der Waals surface area contributed by atoms with Gasteiger partial charge in [0.15, 0.2) is 0 Å². The van der Waals surface area contributed by atoms with Crippen molar-refractivity contribution in [3.05, 3.63) is 29.6 Å². The lowest BCUT2D eigenvalue weighted by Crippen LogP contribution is -2.33. The average Bonchev–Trinajstić information content (AvgIpc) is 2.46. The van der Waals surface area contributed by atoms with Crippen LogP contribution in [0, 0.1) is 11.8 Å². The van der Waals surface area contributed by atoms with Crippen LogP contribution in [0.25, 0.3) is 0 Å². The van der Waals surface area contributed by atoms with Gasteiger partial charge < -0.3 is 10.4 Å². The molecule has 0 radical (unpaired) electrons. The van der Waals surface area contributed by atoms with E-state index in [-0.39, 0.29) is 18.6 Å². The standard InChI is InChI=1S/C16H22N2O2/c1-3-4-7-13(2)18-16(20)15-10-9-14(12-17-15)8-5-6-11-19/h9-10,12-13,19H,3-4,6-7,11H2,1-2H3,(H,18,20). The summed E-state index contributed by atoms with van der Waals surface area (Å²) in [5.74, 6) is 5.54. The second kappa shape index (κ2) is 9.11. The first-order valence-corrected chi connectivity index (χ1v) is 7.04. The van der Waals surface area contributed by atoms with Gasteiger partial charge in [0.05, 0.1) is 6.61 Å². The lowest BCUT2D eigenvalue weighted by Gasteiger charge is -2.12. The summed E-state index contributed by atoms with van der Waals surface area (Å²) in [7, 11) is 0. The summed E-state index contributed by atoms with van der Waals surface area (Å²) in [5.41, 5.74) is 1.15. The number of carbonyl (C=O) groups excluding carboxylic acids is 1. The van der Waals surface area contributed by atoms with Gasteiger partial charge in [0, 0.05) is 24.2 Å². The highest BCUT2D eigenvalue weighted by Crippen LogP contribution is 2.03. The van der Waals surface area contributed by atoms with Crippen LogP contribution in [-0.2, 0) is 0 Å². The second-order valence-electron chi connectivity index (χ2n) is 4.72. The quantitative estimate of drug-likeness (QED) is 0.781. The molecule has 1 aromatic heterocycles. The normalized spacial score (nSPS) is 11.3. The number of aliphatic hydroxyl groups is 1. The van der Waals surface area contributed by atoms with Crippen LogP contribution in [-0.4, -0.2) is 28.6 Å². The molecule has 0 bridgehead atoms. The van der Waals surface area contributed by atoms with Gasteiger partial charge in [-0.1, -0.05) is 31.6 Å². The van der Waals surface area contributed by atoms with E-state index in [1.807, 2.05) is 6.92 Å². The first-order valence-electron chi connectivity index (χ1n) is 7.04. The molecule has 1 unspecified atom stereocenters. The van der Waals surface area contributed by atoms with E-state index in [9.17, 15) is 4.79 Å². The topological polar surface area (TPSA) is 62.2 Å². The van der Waals surface area contributed by atoms with Gasteiger partial charge in [0.1, 0.15) is 5.69 Å². The van der Waals surface area contributed by atoms with Crippen molar-refractivity contribution < 1.29 is 9.90 Å². The van der Waals surface area contributed by atoms with Crippen molar-refractivity contribution in [2.45, 2.75) is 45.6 Å². The van der Waals surface area contributed by atoms with E-state index in [2.05, 4.69) is 29.1 Å². The van der Waals surface area contributed by atoms with E-state index in [1.54, 1.807) is 18.3 Å². The van der Waals surface area contributed by atoms with Crippen molar-refractivity contribution >= 4 is 5.91 Å². The van der Waals surface area contributed by atoms with Crippen LogP contribution in [0.15, 0.2) is 18.3 Å². The maximum absolute atomic E-state index is 11.9. The van der Waals surface area contributed by atoms with Gasteiger partial charge in [0.2, 0.25) is 0 Å². The van der Waals surface area contributed by atoms with Crippen LogP contribution in [0.3, 0.4) is 0 Å². The van der Waals surface area contributed by atoms with Crippen molar-refractivity contribution in [1.82, 2.24) is 10.3 Å². The number of pyridine rings is 1. The first kappa shape index (κ1) is 16.2. The molecule has 1 heterocycles. The van der Waals surface area contributed by atoms with Gasteiger partial charge >= 0.3 is 0 Å². The average molecular weight is 274 g/mol. The number of hydrogen-bond donors (Lipinski definition) is 2. The minimum absolute atomic E-state index is 0.0521. The summed E-state index contributed by atoms with van der Waals surface area (Å²) in [4.78, 5) is 16.1. The van der Waals surface area contributed by atoms with E-state index in [0.29, 0.717) is 12.1 Å². The highest BCUT2D eigenvalue weighted by atomic mass is 16.2. The Morgan fingerprint density at radius 3 is 2.90 bits per heavy atom. The number of nitrogens with one attached hydrogen (secondary N) is 1. The number of hydrogen-bond acceptors (Lipinski definition) is 3. The number of amides is 1. The van der Waals surface area contributed by atoms with Crippen LogP contribution >= 0.6 is 0 Å². The van der Waals surface area contributed by atoms with Gasteiger partial charge in [-0.15, -0.1) is 0 Å². The maximum Gasteiger partial charge on any atom is 0.270 e. The minimum atomic E-state index is -0.150. The largest absolute Gasteiger partial charge is 0.395 e. The second-order valence-corrected chi connectivity index (χ2v) is 4.72. The van der Waals surface area contributed by atoms with Gasteiger partial charge in [-0.05, 0) is 25.5 Å². The lowest BCUT2D eigenvalue weighted by atomic mass is 10.1. The molecule has 1 aromatic rings. The molecular weight excluding hydrogens is 252 g/mol. The zero-order chi connectivity index (χ0) is 14.8. The number of nitrogens with zero attached hydrogens (tertiary/aromatic N) is 1. The highest BCUT2D eigenvalue weighted by Gasteiger charge is 2.10. The van der Waals surface area contributed by atoms with Crippen molar-refractivity contribution in [1.29, 1.82) is 0 Å². The van der Waals surface area contributed by atoms with Gasteiger partial charge in [0.25, 0.3) is 5.91 Å². The summed E-state index contributed by atoms with van der Waals surface area (Å²) in [6, 6.07) is 3.60. The maximum atomic E-state index is 11.9. The van der Waals surface area contributed by atoms with Crippen molar-refractivity contribution in [3.8, 4) is 11.8 Å². The Labute approximate surface area is 120 Å². The summed E-state index contributed by atoms with van der Waals surface area (Å²) < 4.78 is 0. The molecule has 2 N–H and O–H groups in total. The molecule has 0 fully saturated rings. The first-order chi connectivity index (χ1) is 9.67. The molecular formula is C16H22N2O2. The van der Waals surface area contributed by atoms with E-state index < -0.39 is 0 Å². The number of unbranched alkanes of at least 4 members (excludes halogenated alkanes) is 1. The van der Waals surface area contributed by atoms with Crippen LogP contribution < -0.4 is 5.32 Å². The Balaban J connectivity index is 2.55. The third kappa shape index (κ3) is 5.85. The fraction of sp³-hybridized carbons (Fsp3) is 0.500. The molecule has 4 heteroatoms. The highest BCUT2D eigenvalue weighted by molar-refractivity contribution is 5.92. The molecule has 0 saturated carbocycles. The Kier molecular flexibility index (Phi) is 7.38. The third-order valence-electron chi connectivity index (χ3n) is 2.83. The molecule has 0 aliphatic heterocycles. The summed E-state index contributed by atoms with van der Waals surface area (Å²) in [6.07, 6.45) is 5.23. The molecule has 4 nitrogen and oxygen atoms in total.